The molecule has 5 aromatic rings. The number of carbonyl (C=O) groups is 2. The first-order valence-electron chi connectivity index (χ1n) is 14.0. The maximum atomic E-state index is 13.6. The van der Waals surface area contributed by atoms with Crippen molar-refractivity contribution in [2.75, 3.05) is 7.05 Å². The maximum absolute atomic E-state index is 13.6. The van der Waals surface area contributed by atoms with Gasteiger partial charge in [0.2, 0.25) is 0 Å². The minimum absolute atomic E-state index is 0.208. The van der Waals surface area contributed by atoms with E-state index in [-0.39, 0.29) is 11.8 Å². The van der Waals surface area contributed by atoms with Crippen molar-refractivity contribution in [1.29, 1.82) is 0 Å². The lowest BCUT2D eigenvalue weighted by atomic mass is 9.95. The number of H-pyrrole nitrogens is 1. The van der Waals surface area contributed by atoms with Gasteiger partial charge in [0.1, 0.15) is 11.3 Å². The second kappa shape index (κ2) is 11.0. The van der Waals surface area contributed by atoms with Crippen LogP contribution >= 0.6 is 11.6 Å². The molecule has 0 unspecified atom stereocenters. The highest BCUT2D eigenvalue weighted by Gasteiger charge is 2.49. The van der Waals surface area contributed by atoms with Crippen LogP contribution in [0.4, 0.5) is 0 Å². The fraction of sp³-hybridized carbons (Fsp3) is 0.176. The number of rotatable bonds is 8. The van der Waals surface area contributed by atoms with Crippen molar-refractivity contribution in [3.63, 3.8) is 0 Å². The molecule has 3 aromatic carbocycles. The fourth-order valence-electron chi connectivity index (χ4n) is 5.30. The third kappa shape index (κ3) is 5.15. The number of benzene rings is 3. The number of hydrogen-bond donors (Lipinski definition) is 3. The van der Waals surface area contributed by atoms with Crippen molar-refractivity contribution in [2.45, 2.75) is 32.2 Å². The van der Waals surface area contributed by atoms with Gasteiger partial charge < -0.3 is 15.1 Å². The largest absolute Gasteiger partial charge is 0.455 e. The molecule has 0 spiro atoms. The SMILES string of the molecule is C=C/C(=C\C)c1oc2ccc(-c3cc(C(=O)NC4(c5nc(-c6cccc(Cl)c6)n[nH]5)CC4)ccc3C)cc2c1C(=O)NC. The second-order valence-electron chi connectivity index (χ2n) is 10.6. The lowest BCUT2D eigenvalue weighted by Crippen LogP contribution is -2.35. The summed E-state index contributed by atoms with van der Waals surface area (Å²) in [6, 6.07) is 18.7. The summed E-state index contributed by atoms with van der Waals surface area (Å²) in [4.78, 5) is 31.2. The molecule has 0 bridgehead atoms. The number of carbonyl (C=O) groups excluding carboxylic acids is 2. The minimum Gasteiger partial charge on any atom is -0.455 e. The van der Waals surface area contributed by atoms with Gasteiger partial charge in [0.25, 0.3) is 11.8 Å². The van der Waals surface area contributed by atoms with Gasteiger partial charge in [-0.05, 0) is 79.8 Å². The van der Waals surface area contributed by atoms with Crippen LogP contribution in [0, 0.1) is 6.92 Å². The summed E-state index contributed by atoms with van der Waals surface area (Å²) in [5, 5.41) is 14.6. The van der Waals surface area contributed by atoms with Gasteiger partial charge >= 0.3 is 0 Å². The number of aromatic amines is 1. The van der Waals surface area contributed by atoms with Crippen LogP contribution in [0.25, 0.3) is 39.1 Å². The molecule has 2 amide bonds. The van der Waals surface area contributed by atoms with E-state index in [1.54, 1.807) is 25.3 Å². The smallest absolute Gasteiger partial charge is 0.255 e. The molecular formula is C34H30ClN5O3. The lowest BCUT2D eigenvalue weighted by Gasteiger charge is -2.16. The van der Waals surface area contributed by atoms with Gasteiger partial charge in [0.05, 0.1) is 11.1 Å². The molecule has 1 aliphatic rings. The Morgan fingerprint density at radius 3 is 2.58 bits per heavy atom. The topological polar surface area (TPSA) is 113 Å². The first kappa shape index (κ1) is 28.2. The summed E-state index contributed by atoms with van der Waals surface area (Å²) in [6.07, 6.45) is 5.03. The Labute approximate surface area is 253 Å². The monoisotopic (exact) mass is 591 g/mol. The van der Waals surface area contributed by atoms with Gasteiger partial charge in [-0.2, -0.15) is 5.10 Å². The second-order valence-corrected chi connectivity index (χ2v) is 11.1. The van der Waals surface area contributed by atoms with Crippen molar-refractivity contribution in [2.24, 2.45) is 0 Å². The minimum atomic E-state index is -0.601. The summed E-state index contributed by atoms with van der Waals surface area (Å²) in [5.41, 5.74) is 5.20. The highest BCUT2D eigenvalue weighted by atomic mass is 35.5. The summed E-state index contributed by atoms with van der Waals surface area (Å²) in [7, 11) is 1.59. The van der Waals surface area contributed by atoms with E-state index in [2.05, 4.69) is 32.4 Å². The molecule has 0 saturated heterocycles. The average molecular weight is 592 g/mol. The van der Waals surface area contributed by atoms with Gasteiger partial charge in [-0.25, -0.2) is 4.98 Å². The lowest BCUT2D eigenvalue weighted by molar-refractivity contribution is 0.0927. The Kier molecular flexibility index (Phi) is 7.23. The third-order valence-corrected chi connectivity index (χ3v) is 8.11. The third-order valence-electron chi connectivity index (χ3n) is 7.87. The van der Waals surface area contributed by atoms with Crippen LogP contribution in [0.1, 0.15) is 57.6 Å². The van der Waals surface area contributed by atoms with Crippen LogP contribution in [0.3, 0.4) is 0 Å². The number of nitrogens with one attached hydrogen (secondary N) is 3. The first-order chi connectivity index (χ1) is 20.8. The molecule has 9 heteroatoms. The van der Waals surface area contributed by atoms with Gasteiger partial charge in [0, 0.05) is 34.2 Å². The molecule has 1 fully saturated rings. The molecule has 8 nitrogen and oxygen atoms in total. The Bertz CT molecular complexity index is 1950. The molecule has 2 heterocycles. The van der Waals surface area contributed by atoms with Gasteiger partial charge in [0.15, 0.2) is 11.6 Å². The highest BCUT2D eigenvalue weighted by molar-refractivity contribution is 6.30. The van der Waals surface area contributed by atoms with Crippen molar-refractivity contribution in [1.82, 2.24) is 25.8 Å². The van der Waals surface area contributed by atoms with Crippen LogP contribution in [0.5, 0.6) is 0 Å². The fourth-order valence-corrected chi connectivity index (χ4v) is 5.49. The number of allylic oxidation sites excluding steroid dienone is 3. The maximum Gasteiger partial charge on any atom is 0.255 e. The van der Waals surface area contributed by atoms with Crippen molar-refractivity contribution in [3.05, 3.63) is 113 Å². The number of aryl methyl sites for hydroxylation is 1. The predicted octanol–water partition coefficient (Wildman–Crippen LogP) is 7.21. The molecule has 6 rings (SSSR count). The quantitative estimate of drug-likeness (QED) is 0.165. The molecule has 1 saturated carbocycles. The van der Waals surface area contributed by atoms with E-state index < -0.39 is 5.54 Å². The van der Waals surface area contributed by atoms with Crippen LogP contribution in [0.15, 0.2) is 83.8 Å². The van der Waals surface area contributed by atoms with Gasteiger partial charge in [-0.15, -0.1) is 0 Å². The molecule has 2 aromatic heterocycles. The van der Waals surface area contributed by atoms with E-state index in [0.717, 1.165) is 40.7 Å². The Morgan fingerprint density at radius 1 is 1.07 bits per heavy atom. The summed E-state index contributed by atoms with van der Waals surface area (Å²) < 4.78 is 6.10. The zero-order valence-electron chi connectivity index (χ0n) is 24.0. The molecule has 43 heavy (non-hydrogen) atoms. The number of aromatic nitrogens is 3. The first-order valence-corrected chi connectivity index (χ1v) is 14.3. The van der Waals surface area contributed by atoms with E-state index in [1.807, 2.05) is 68.5 Å². The predicted molar refractivity (Wildman–Crippen MR) is 169 cm³/mol. The number of fused-ring (bicyclic) bond motifs is 1. The molecule has 1 aliphatic carbocycles. The van der Waals surface area contributed by atoms with E-state index in [0.29, 0.717) is 44.5 Å². The standard InChI is InChI=1S/C34H30ClN5O3/c1-5-20(6-2)29-28(32(42)36-4)26-17-21(12-13-27(26)43-29)25-18-23(11-10-19(25)3)31(41)38-34(14-15-34)33-37-30(39-40-33)22-8-7-9-24(35)16-22/h5-13,16-18H,1,14-15H2,2-4H3,(H,36,42)(H,38,41)(H,37,39,40)/b20-6+. The van der Waals surface area contributed by atoms with E-state index >= 15 is 0 Å². The van der Waals surface area contributed by atoms with Gasteiger partial charge in [-0.1, -0.05) is 54.6 Å². The van der Waals surface area contributed by atoms with Crippen LogP contribution in [-0.4, -0.2) is 34.0 Å². The molecule has 0 radical (unpaired) electrons. The van der Waals surface area contributed by atoms with Crippen molar-refractivity contribution < 1.29 is 14.0 Å². The average Bonchev–Trinajstić information content (AvgIpc) is 3.44. The number of halogens is 1. The van der Waals surface area contributed by atoms with Crippen LogP contribution in [0.2, 0.25) is 5.02 Å². The van der Waals surface area contributed by atoms with Crippen LogP contribution in [-0.2, 0) is 5.54 Å². The summed E-state index contributed by atoms with van der Waals surface area (Å²) in [6.45, 7) is 7.72. The molecular weight excluding hydrogens is 562 g/mol. The summed E-state index contributed by atoms with van der Waals surface area (Å²) in [5.74, 6) is 1.15. The zero-order valence-corrected chi connectivity index (χ0v) is 24.8. The highest BCUT2D eigenvalue weighted by Crippen LogP contribution is 2.44. The number of amides is 2. The zero-order chi connectivity index (χ0) is 30.3. The molecule has 3 N–H and O–H groups in total. The van der Waals surface area contributed by atoms with E-state index in [9.17, 15) is 9.59 Å². The number of hydrogen-bond acceptors (Lipinski definition) is 5. The molecule has 0 atom stereocenters. The summed E-state index contributed by atoms with van der Waals surface area (Å²) >= 11 is 6.14. The Balaban J connectivity index is 1.31. The Morgan fingerprint density at radius 2 is 1.88 bits per heavy atom. The molecule has 0 aliphatic heterocycles. The Hall–Kier alpha value is -4.95. The van der Waals surface area contributed by atoms with Gasteiger partial charge in [-0.3, -0.25) is 14.7 Å². The molecule has 216 valence electrons. The normalized spacial score (nSPS) is 14.0. The van der Waals surface area contributed by atoms with Crippen molar-refractivity contribution >= 4 is 40.0 Å². The number of furan rings is 1. The van der Waals surface area contributed by atoms with E-state index in [4.69, 9.17) is 16.0 Å². The van der Waals surface area contributed by atoms with E-state index in [1.165, 1.54) is 0 Å². The number of nitrogens with zero attached hydrogens (tertiary/aromatic N) is 2. The van der Waals surface area contributed by atoms with Crippen LogP contribution < -0.4 is 10.6 Å². The van der Waals surface area contributed by atoms with Crippen molar-refractivity contribution in [3.8, 4) is 22.5 Å².